The van der Waals surface area contributed by atoms with Crippen LogP contribution in [0, 0.1) is 6.92 Å². The summed E-state index contributed by atoms with van der Waals surface area (Å²) in [6, 6.07) is 3.23. The van der Waals surface area contributed by atoms with E-state index in [0.717, 1.165) is 5.69 Å². The molecule has 0 radical (unpaired) electrons. The van der Waals surface area contributed by atoms with Crippen molar-refractivity contribution in [3.63, 3.8) is 0 Å². The van der Waals surface area contributed by atoms with Gasteiger partial charge in [0.25, 0.3) is 0 Å². The molecule has 1 unspecified atom stereocenters. The van der Waals surface area contributed by atoms with Gasteiger partial charge in [0.05, 0.1) is 11.4 Å². The molecule has 1 heterocycles. The lowest BCUT2D eigenvalue weighted by Gasteiger charge is -2.14. The molecule has 0 aromatic carbocycles. The third kappa shape index (κ3) is 3.12. The number of hydrogen-bond donors (Lipinski definition) is 3. The van der Waals surface area contributed by atoms with Crippen molar-refractivity contribution in [1.82, 2.24) is 10.3 Å². The molecule has 1 aromatic rings. The fourth-order valence-corrected chi connectivity index (χ4v) is 1.27. The molecule has 5 nitrogen and oxygen atoms in total. The number of aryl methyl sites for hydroxylation is 1. The Morgan fingerprint density at radius 1 is 1.56 bits per heavy atom. The van der Waals surface area contributed by atoms with Crippen LogP contribution in [0.25, 0.3) is 0 Å². The number of nitrogens with zero attached hydrogens (tertiary/aromatic N) is 1. The minimum absolute atomic E-state index is 0.0428. The molecule has 0 saturated heterocycles. The average Bonchev–Trinajstić information content (AvgIpc) is 2.24. The summed E-state index contributed by atoms with van der Waals surface area (Å²) in [6.07, 6.45) is 0. The van der Waals surface area contributed by atoms with Crippen LogP contribution in [0.3, 0.4) is 0 Å². The summed E-state index contributed by atoms with van der Waals surface area (Å²) in [6.45, 7) is 6.13. The van der Waals surface area contributed by atoms with Gasteiger partial charge in [-0.05, 0) is 32.9 Å². The Hall–Kier alpha value is -1.78. The first kappa shape index (κ1) is 12.3. The highest BCUT2D eigenvalue weighted by atomic mass is 16.2. The SMILES string of the molecule is CCNC(=O)C(C)Nc1ccc(N)c(C)n1. The van der Waals surface area contributed by atoms with Crippen LogP contribution in [-0.4, -0.2) is 23.5 Å². The van der Waals surface area contributed by atoms with E-state index >= 15 is 0 Å². The molecular formula is C11H18N4O. The Kier molecular flexibility index (Phi) is 4.10. The molecule has 0 aliphatic rings. The van der Waals surface area contributed by atoms with E-state index in [1.54, 1.807) is 19.1 Å². The highest BCUT2D eigenvalue weighted by molar-refractivity contribution is 5.83. The zero-order valence-corrected chi connectivity index (χ0v) is 9.87. The quantitative estimate of drug-likeness (QED) is 0.707. The Balaban J connectivity index is 2.66. The first-order chi connectivity index (χ1) is 7.54. The lowest BCUT2D eigenvalue weighted by molar-refractivity contribution is -0.121. The van der Waals surface area contributed by atoms with Gasteiger partial charge in [0.2, 0.25) is 5.91 Å². The van der Waals surface area contributed by atoms with Gasteiger partial charge < -0.3 is 16.4 Å². The number of nitrogen functional groups attached to an aromatic ring is 1. The van der Waals surface area contributed by atoms with Crippen molar-refractivity contribution < 1.29 is 4.79 Å². The van der Waals surface area contributed by atoms with Crippen molar-refractivity contribution in [1.29, 1.82) is 0 Å². The molecule has 1 amide bonds. The fraction of sp³-hybridized carbons (Fsp3) is 0.455. The van der Waals surface area contributed by atoms with Gasteiger partial charge in [-0.2, -0.15) is 0 Å². The maximum absolute atomic E-state index is 11.5. The second-order valence-corrected chi connectivity index (χ2v) is 3.63. The van der Waals surface area contributed by atoms with Crippen LogP contribution in [0.15, 0.2) is 12.1 Å². The van der Waals surface area contributed by atoms with Crippen molar-refractivity contribution in [2.45, 2.75) is 26.8 Å². The molecule has 0 fully saturated rings. The Morgan fingerprint density at radius 3 is 2.81 bits per heavy atom. The molecular weight excluding hydrogens is 204 g/mol. The zero-order valence-electron chi connectivity index (χ0n) is 9.87. The first-order valence-electron chi connectivity index (χ1n) is 5.32. The Labute approximate surface area is 95.4 Å². The highest BCUT2D eigenvalue weighted by Gasteiger charge is 2.11. The molecule has 1 rings (SSSR count). The lowest BCUT2D eigenvalue weighted by Crippen LogP contribution is -2.37. The third-order valence-corrected chi connectivity index (χ3v) is 2.24. The number of carbonyl (C=O) groups is 1. The molecule has 0 aliphatic heterocycles. The van der Waals surface area contributed by atoms with E-state index in [-0.39, 0.29) is 11.9 Å². The van der Waals surface area contributed by atoms with Crippen molar-refractivity contribution in [3.8, 4) is 0 Å². The number of aromatic nitrogens is 1. The van der Waals surface area contributed by atoms with E-state index < -0.39 is 0 Å². The lowest BCUT2D eigenvalue weighted by atomic mass is 10.3. The monoisotopic (exact) mass is 222 g/mol. The van der Waals surface area contributed by atoms with Gasteiger partial charge in [0.15, 0.2) is 0 Å². The normalized spacial score (nSPS) is 11.9. The van der Waals surface area contributed by atoms with E-state index in [0.29, 0.717) is 18.1 Å². The molecule has 4 N–H and O–H groups in total. The highest BCUT2D eigenvalue weighted by Crippen LogP contribution is 2.12. The topological polar surface area (TPSA) is 80.0 Å². The molecule has 5 heteroatoms. The summed E-state index contributed by atoms with van der Waals surface area (Å²) in [4.78, 5) is 15.7. The number of hydrogen-bond acceptors (Lipinski definition) is 4. The van der Waals surface area contributed by atoms with Gasteiger partial charge in [-0.3, -0.25) is 4.79 Å². The van der Waals surface area contributed by atoms with E-state index in [1.807, 2.05) is 13.8 Å². The molecule has 0 bridgehead atoms. The maximum atomic E-state index is 11.5. The van der Waals surface area contributed by atoms with Gasteiger partial charge in [-0.1, -0.05) is 0 Å². The van der Waals surface area contributed by atoms with Crippen molar-refractivity contribution in [2.24, 2.45) is 0 Å². The number of pyridine rings is 1. The second-order valence-electron chi connectivity index (χ2n) is 3.63. The summed E-state index contributed by atoms with van der Waals surface area (Å²) in [5.74, 6) is 0.615. The van der Waals surface area contributed by atoms with Gasteiger partial charge in [-0.25, -0.2) is 4.98 Å². The largest absolute Gasteiger partial charge is 0.397 e. The summed E-state index contributed by atoms with van der Waals surface area (Å²) in [7, 11) is 0. The number of rotatable bonds is 4. The third-order valence-electron chi connectivity index (χ3n) is 2.24. The summed E-state index contributed by atoms with van der Waals surface area (Å²) in [5, 5.41) is 5.75. The number of nitrogens with one attached hydrogen (secondary N) is 2. The number of anilines is 2. The molecule has 16 heavy (non-hydrogen) atoms. The van der Waals surface area contributed by atoms with Crippen LogP contribution < -0.4 is 16.4 Å². The second kappa shape index (κ2) is 5.34. The molecule has 0 saturated carbocycles. The minimum Gasteiger partial charge on any atom is -0.397 e. The number of likely N-dealkylation sites (N-methyl/N-ethyl adjacent to an activating group) is 1. The van der Waals surface area contributed by atoms with Crippen LogP contribution in [0.4, 0.5) is 11.5 Å². The van der Waals surface area contributed by atoms with E-state index in [1.165, 1.54) is 0 Å². The van der Waals surface area contributed by atoms with Crippen LogP contribution in [0.2, 0.25) is 0 Å². The fourth-order valence-electron chi connectivity index (χ4n) is 1.27. The van der Waals surface area contributed by atoms with Crippen molar-refractivity contribution in [3.05, 3.63) is 17.8 Å². The molecule has 88 valence electrons. The standard InChI is InChI=1S/C11H18N4O/c1-4-13-11(16)8(3)15-10-6-5-9(12)7(2)14-10/h5-6,8H,4,12H2,1-3H3,(H,13,16)(H,14,15). The number of nitrogens with two attached hydrogens (primary N) is 1. The van der Waals surface area contributed by atoms with Gasteiger partial charge in [0, 0.05) is 6.54 Å². The van der Waals surface area contributed by atoms with Crippen molar-refractivity contribution >= 4 is 17.4 Å². The molecule has 1 aromatic heterocycles. The first-order valence-corrected chi connectivity index (χ1v) is 5.32. The smallest absolute Gasteiger partial charge is 0.242 e. The van der Waals surface area contributed by atoms with Crippen LogP contribution in [0.1, 0.15) is 19.5 Å². The summed E-state index contributed by atoms with van der Waals surface area (Å²) >= 11 is 0. The molecule has 0 spiro atoms. The average molecular weight is 222 g/mol. The van der Waals surface area contributed by atoms with Crippen molar-refractivity contribution in [2.75, 3.05) is 17.6 Å². The van der Waals surface area contributed by atoms with Gasteiger partial charge in [-0.15, -0.1) is 0 Å². The van der Waals surface area contributed by atoms with E-state index in [9.17, 15) is 4.79 Å². The predicted octanol–water partition coefficient (Wildman–Crippen LogP) is 0.909. The molecule has 1 atom stereocenters. The molecule has 0 aliphatic carbocycles. The minimum atomic E-state index is -0.310. The van der Waals surface area contributed by atoms with E-state index in [2.05, 4.69) is 15.6 Å². The predicted molar refractivity (Wildman–Crippen MR) is 65.2 cm³/mol. The summed E-state index contributed by atoms with van der Waals surface area (Å²) < 4.78 is 0. The van der Waals surface area contributed by atoms with Crippen LogP contribution >= 0.6 is 0 Å². The number of carbonyl (C=O) groups excluding carboxylic acids is 1. The van der Waals surface area contributed by atoms with Gasteiger partial charge in [0.1, 0.15) is 11.9 Å². The Bertz CT molecular complexity index is 378. The Morgan fingerprint density at radius 2 is 2.25 bits per heavy atom. The maximum Gasteiger partial charge on any atom is 0.242 e. The van der Waals surface area contributed by atoms with Crippen LogP contribution in [-0.2, 0) is 4.79 Å². The number of amides is 1. The van der Waals surface area contributed by atoms with Gasteiger partial charge >= 0.3 is 0 Å². The van der Waals surface area contributed by atoms with Crippen LogP contribution in [0.5, 0.6) is 0 Å². The zero-order chi connectivity index (χ0) is 12.1. The summed E-state index contributed by atoms with van der Waals surface area (Å²) in [5.41, 5.74) is 7.06. The van der Waals surface area contributed by atoms with E-state index in [4.69, 9.17) is 5.73 Å².